The monoisotopic (exact) mass is 171 g/mol. The Hall–Kier alpha value is -0.410. The summed E-state index contributed by atoms with van der Waals surface area (Å²) in [4.78, 5) is 11.7. The average molecular weight is 171 g/mol. The van der Waals surface area contributed by atoms with E-state index in [4.69, 9.17) is 4.74 Å². The summed E-state index contributed by atoms with van der Waals surface area (Å²) in [6, 6.07) is -0.0984. The number of ketones is 1. The minimum atomic E-state index is -0.266. The van der Waals surface area contributed by atoms with Gasteiger partial charge in [-0.15, -0.1) is 0 Å². The third-order valence-electron chi connectivity index (χ3n) is 1.98. The molecular formula is C9H17NO2. The van der Waals surface area contributed by atoms with Crippen LogP contribution in [0.3, 0.4) is 0 Å². The van der Waals surface area contributed by atoms with Crippen molar-refractivity contribution in [1.82, 2.24) is 5.32 Å². The maximum Gasteiger partial charge on any atom is 0.157 e. The molecule has 0 aromatic carbocycles. The van der Waals surface area contributed by atoms with Crippen LogP contribution in [0, 0.1) is 5.41 Å². The van der Waals surface area contributed by atoms with Gasteiger partial charge in [0.25, 0.3) is 0 Å². The SMILES string of the molecule is CC(C)(C)C(=O)C1COCCN1. The molecule has 1 unspecified atom stereocenters. The Kier molecular flexibility index (Phi) is 2.85. The number of Topliss-reactive ketones (excluding diaryl/α,β-unsaturated/α-hetero) is 1. The van der Waals surface area contributed by atoms with Crippen LogP contribution in [0.2, 0.25) is 0 Å². The molecule has 1 aliphatic heterocycles. The molecule has 1 saturated heterocycles. The van der Waals surface area contributed by atoms with Crippen molar-refractivity contribution in [2.75, 3.05) is 19.8 Å². The molecule has 0 aromatic rings. The van der Waals surface area contributed by atoms with Crippen molar-refractivity contribution >= 4 is 5.78 Å². The lowest BCUT2D eigenvalue weighted by Gasteiger charge is -2.28. The Bertz CT molecular complexity index is 166. The van der Waals surface area contributed by atoms with Gasteiger partial charge in [-0.3, -0.25) is 4.79 Å². The second-order valence-electron chi connectivity index (χ2n) is 4.20. The first-order valence-corrected chi connectivity index (χ1v) is 4.37. The Balaban J connectivity index is 2.51. The summed E-state index contributed by atoms with van der Waals surface area (Å²) in [6.07, 6.45) is 0. The first kappa shape index (κ1) is 9.68. The highest BCUT2D eigenvalue weighted by atomic mass is 16.5. The lowest BCUT2D eigenvalue weighted by molar-refractivity contribution is -0.131. The zero-order chi connectivity index (χ0) is 9.19. The quantitative estimate of drug-likeness (QED) is 0.627. The van der Waals surface area contributed by atoms with Crippen LogP contribution in [-0.4, -0.2) is 31.6 Å². The first-order chi connectivity index (χ1) is 5.52. The Morgan fingerprint density at radius 1 is 1.50 bits per heavy atom. The Morgan fingerprint density at radius 3 is 2.58 bits per heavy atom. The van der Waals surface area contributed by atoms with Gasteiger partial charge in [-0.05, 0) is 0 Å². The van der Waals surface area contributed by atoms with Crippen LogP contribution in [0.5, 0.6) is 0 Å². The van der Waals surface area contributed by atoms with Crippen molar-refractivity contribution in [2.24, 2.45) is 5.41 Å². The molecule has 0 saturated carbocycles. The molecule has 1 aliphatic rings. The number of nitrogens with one attached hydrogen (secondary N) is 1. The lowest BCUT2D eigenvalue weighted by atomic mass is 9.86. The van der Waals surface area contributed by atoms with E-state index >= 15 is 0 Å². The topological polar surface area (TPSA) is 38.3 Å². The van der Waals surface area contributed by atoms with E-state index in [2.05, 4.69) is 5.32 Å². The van der Waals surface area contributed by atoms with Crippen molar-refractivity contribution in [3.8, 4) is 0 Å². The molecule has 0 aromatic heterocycles. The molecule has 3 heteroatoms. The molecule has 1 rings (SSSR count). The van der Waals surface area contributed by atoms with E-state index in [1.165, 1.54) is 0 Å². The molecule has 1 heterocycles. The minimum absolute atomic E-state index is 0.0984. The van der Waals surface area contributed by atoms with E-state index in [1.54, 1.807) is 0 Å². The van der Waals surface area contributed by atoms with Gasteiger partial charge in [-0.1, -0.05) is 20.8 Å². The number of hydrogen-bond donors (Lipinski definition) is 1. The van der Waals surface area contributed by atoms with E-state index in [-0.39, 0.29) is 17.2 Å². The normalized spacial score (nSPS) is 25.4. The molecule has 12 heavy (non-hydrogen) atoms. The summed E-state index contributed by atoms with van der Waals surface area (Å²) in [5, 5.41) is 3.15. The molecular weight excluding hydrogens is 154 g/mol. The summed E-state index contributed by atoms with van der Waals surface area (Å²) in [7, 11) is 0. The molecule has 0 aliphatic carbocycles. The first-order valence-electron chi connectivity index (χ1n) is 4.37. The maximum atomic E-state index is 11.7. The van der Waals surface area contributed by atoms with E-state index in [0.717, 1.165) is 6.54 Å². The van der Waals surface area contributed by atoms with Gasteiger partial charge < -0.3 is 10.1 Å². The molecule has 70 valence electrons. The molecule has 1 atom stereocenters. The van der Waals surface area contributed by atoms with Gasteiger partial charge in [-0.2, -0.15) is 0 Å². The van der Waals surface area contributed by atoms with E-state index < -0.39 is 0 Å². The summed E-state index contributed by atoms with van der Waals surface area (Å²) in [5.41, 5.74) is -0.266. The van der Waals surface area contributed by atoms with Gasteiger partial charge in [0.15, 0.2) is 5.78 Å². The highest BCUT2D eigenvalue weighted by Crippen LogP contribution is 2.17. The largest absolute Gasteiger partial charge is 0.378 e. The third kappa shape index (κ3) is 2.29. The Morgan fingerprint density at radius 2 is 2.17 bits per heavy atom. The zero-order valence-electron chi connectivity index (χ0n) is 8.02. The number of ether oxygens (including phenoxy) is 1. The van der Waals surface area contributed by atoms with Crippen LogP contribution in [0.15, 0.2) is 0 Å². The number of rotatable bonds is 1. The van der Waals surface area contributed by atoms with Crippen LogP contribution >= 0.6 is 0 Å². The van der Waals surface area contributed by atoms with E-state index in [9.17, 15) is 4.79 Å². The third-order valence-corrected chi connectivity index (χ3v) is 1.98. The van der Waals surface area contributed by atoms with Crippen LogP contribution in [0.25, 0.3) is 0 Å². The molecule has 1 N–H and O–H groups in total. The molecule has 3 nitrogen and oxygen atoms in total. The fourth-order valence-electron chi connectivity index (χ4n) is 1.26. The Labute approximate surface area is 73.5 Å². The molecule has 0 spiro atoms. The average Bonchev–Trinajstić information content (AvgIpc) is 2.03. The van der Waals surface area contributed by atoms with E-state index in [0.29, 0.717) is 13.2 Å². The minimum Gasteiger partial charge on any atom is -0.378 e. The van der Waals surface area contributed by atoms with Crippen molar-refractivity contribution in [3.63, 3.8) is 0 Å². The summed E-state index contributed by atoms with van der Waals surface area (Å²) in [5.74, 6) is 0.238. The highest BCUT2D eigenvalue weighted by Gasteiger charge is 2.30. The number of hydrogen-bond acceptors (Lipinski definition) is 3. The summed E-state index contributed by atoms with van der Waals surface area (Å²) >= 11 is 0. The fraction of sp³-hybridized carbons (Fsp3) is 0.889. The highest BCUT2D eigenvalue weighted by molar-refractivity contribution is 5.88. The van der Waals surface area contributed by atoms with Crippen molar-refractivity contribution in [3.05, 3.63) is 0 Å². The molecule has 0 bridgehead atoms. The molecule has 0 amide bonds. The van der Waals surface area contributed by atoms with Gasteiger partial charge >= 0.3 is 0 Å². The van der Waals surface area contributed by atoms with Crippen LogP contribution in [0.4, 0.5) is 0 Å². The predicted molar refractivity (Wildman–Crippen MR) is 47.1 cm³/mol. The lowest BCUT2D eigenvalue weighted by Crippen LogP contribution is -2.50. The van der Waals surface area contributed by atoms with Crippen molar-refractivity contribution < 1.29 is 9.53 Å². The fourth-order valence-corrected chi connectivity index (χ4v) is 1.26. The van der Waals surface area contributed by atoms with Gasteiger partial charge in [-0.25, -0.2) is 0 Å². The summed E-state index contributed by atoms with van der Waals surface area (Å²) in [6.45, 7) is 7.83. The van der Waals surface area contributed by atoms with Gasteiger partial charge in [0.2, 0.25) is 0 Å². The van der Waals surface area contributed by atoms with Crippen LogP contribution < -0.4 is 5.32 Å². The molecule has 0 radical (unpaired) electrons. The molecule has 1 fully saturated rings. The zero-order valence-corrected chi connectivity index (χ0v) is 8.02. The predicted octanol–water partition coefficient (Wildman–Crippen LogP) is 0.590. The summed E-state index contributed by atoms with van der Waals surface area (Å²) < 4.78 is 5.22. The van der Waals surface area contributed by atoms with E-state index in [1.807, 2.05) is 20.8 Å². The maximum absolute atomic E-state index is 11.7. The second-order valence-corrected chi connectivity index (χ2v) is 4.20. The van der Waals surface area contributed by atoms with Crippen molar-refractivity contribution in [2.45, 2.75) is 26.8 Å². The van der Waals surface area contributed by atoms with Crippen LogP contribution in [0.1, 0.15) is 20.8 Å². The second kappa shape index (κ2) is 3.54. The van der Waals surface area contributed by atoms with Gasteiger partial charge in [0.05, 0.1) is 19.3 Å². The van der Waals surface area contributed by atoms with Gasteiger partial charge in [0.1, 0.15) is 0 Å². The van der Waals surface area contributed by atoms with Crippen molar-refractivity contribution in [1.29, 1.82) is 0 Å². The number of morpholine rings is 1. The smallest absolute Gasteiger partial charge is 0.157 e. The van der Waals surface area contributed by atoms with Crippen LogP contribution in [-0.2, 0) is 9.53 Å². The standard InChI is InChI=1S/C9H17NO2/c1-9(2,3)8(11)7-6-12-5-4-10-7/h7,10H,4-6H2,1-3H3. The van der Waals surface area contributed by atoms with Gasteiger partial charge in [0, 0.05) is 12.0 Å². The number of carbonyl (C=O) groups excluding carboxylic acids is 1. The number of carbonyl (C=O) groups is 1.